The molecule has 1 aromatic carbocycles. The van der Waals surface area contributed by atoms with Crippen molar-refractivity contribution < 1.29 is 9.50 Å². The van der Waals surface area contributed by atoms with Gasteiger partial charge in [-0.2, -0.15) is 0 Å². The molecule has 5 nitrogen and oxygen atoms in total. The fourth-order valence-corrected chi connectivity index (χ4v) is 4.03. The highest BCUT2D eigenvalue weighted by Crippen LogP contribution is 2.43. The van der Waals surface area contributed by atoms with Gasteiger partial charge in [-0.3, -0.25) is 0 Å². The smallest absolute Gasteiger partial charge is 0.163 e. The van der Waals surface area contributed by atoms with E-state index in [1.165, 1.54) is 0 Å². The summed E-state index contributed by atoms with van der Waals surface area (Å²) >= 11 is 0. The van der Waals surface area contributed by atoms with Crippen LogP contribution in [0.15, 0.2) is 37.3 Å². The average Bonchev–Trinajstić information content (AvgIpc) is 3.62. The lowest BCUT2D eigenvalue weighted by molar-refractivity contribution is 0.197. The summed E-state index contributed by atoms with van der Waals surface area (Å²) in [7, 11) is 0. The summed E-state index contributed by atoms with van der Waals surface area (Å²) in [6, 6.07) is 5.24. The zero-order chi connectivity index (χ0) is 22.8. The van der Waals surface area contributed by atoms with Gasteiger partial charge >= 0.3 is 0 Å². The van der Waals surface area contributed by atoms with E-state index in [1.807, 2.05) is 6.07 Å². The van der Waals surface area contributed by atoms with E-state index in [9.17, 15) is 9.50 Å². The maximum atomic E-state index is 14.4. The van der Waals surface area contributed by atoms with Gasteiger partial charge in [0.1, 0.15) is 12.1 Å². The molecule has 0 spiro atoms. The third kappa shape index (κ3) is 4.60. The lowest BCUT2D eigenvalue weighted by Crippen LogP contribution is -2.09. The Morgan fingerprint density at radius 3 is 2.59 bits per heavy atom. The second-order valence-electron chi connectivity index (χ2n) is 8.57. The Bertz CT molecular complexity index is 1150. The van der Waals surface area contributed by atoms with Gasteiger partial charge < -0.3 is 5.11 Å². The first-order valence-electron chi connectivity index (χ1n) is 11.2. The molecule has 0 saturated heterocycles. The molecule has 1 fully saturated rings. The molecule has 1 atom stereocenters. The Labute approximate surface area is 188 Å². The first kappa shape index (κ1) is 22.2. The summed E-state index contributed by atoms with van der Waals surface area (Å²) in [5.41, 5.74) is 6.45. The Morgan fingerprint density at radius 1 is 1.19 bits per heavy atom. The van der Waals surface area contributed by atoms with Crippen molar-refractivity contribution in [3.63, 3.8) is 0 Å². The van der Waals surface area contributed by atoms with Crippen LogP contribution in [0.5, 0.6) is 0 Å². The highest BCUT2D eigenvalue weighted by Gasteiger charge is 2.30. The summed E-state index contributed by atoms with van der Waals surface area (Å²) in [5, 5.41) is 10.3. The molecule has 1 unspecified atom stereocenters. The number of aliphatic hydroxyl groups is 1. The predicted octanol–water partition coefficient (Wildman–Crippen LogP) is 5.38. The zero-order valence-electron chi connectivity index (χ0n) is 18.9. The van der Waals surface area contributed by atoms with E-state index in [-0.39, 0.29) is 5.82 Å². The molecule has 3 aromatic rings. The van der Waals surface area contributed by atoms with E-state index in [4.69, 9.17) is 4.98 Å². The van der Waals surface area contributed by atoms with Crippen molar-refractivity contribution in [3.05, 3.63) is 76.9 Å². The fraction of sp³-hybridized carbons (Fsp3) is 0.385. The van der Waals surface area contributed by atoms with E-state index in [2.05, 4.69) is 28.5 Å². The molecule has 1 aliphatic carbocycles. The molecule has 4 rings (SSSR count). The number of halogens is 1. The van der Waals surface area contributed by atoms with Gasteiger partial charge in [0.25, 0.3) is 0 Å². The van der Waals surface area contributed by atoms with E-state index in [0.29, 0.717) is 41.3 Å². The lowest BCUT2D eigenvalue weighted by atomic mass is 9.99. The van der Waals surface area contributed by atoms with Crippen LogP contribution in [0.3, 0.4) is 0 Å². The predicted molar refractivity (Wildman–Crippen MR) is 124 cm³/mol. The fourth-order valence-electron chi connectivity index (χ4n) is 4.03. The van der Waals surface area contributed by atoms with Crippen LogP contribution in [-0.2, 0) is 19.3 Å². The maximum absolute atomic E-state index is 14.4. The van der Waals surface area contributed by atoms with Crippen LogP contribution >= 0.6 is 0 Å². The molecule has 32 heavy (non-hydrogen) atoms. The minimum Gasteiger partial charge on any atom is -0.389 e. The number of nitrogens with zero attached hydrogens (tertiary/aromatic N) is 4. The van der Waals surface area contributed by atoms with Gasteiger partial charge in [-0.25, -0.2) is 24.3 Å². The standard InChI is InChI=1S/C26H29FN4O/c1-5-22-24(25(18-8-9-18)30-14-29-22)26-28-13-20(16(4)32)23(31-26)11-7-17-6-10-19(15(2)3)21(27)12-17/h6,10,12-14,16,18,32H,2,5,7-9,11H2,1,3-4H3. The molecule has 166 valence electrons. The Balaban J connectivity index is 1.68. The van der Waals surface area contributed by atoms with Gasteiger partial charge in [0.05, 0.1) is 28.7 Å². The largest absolute Gasteiger partial charge is 0.389 e. The quantitative estimate of drug-likeness (QED) is 0.517. The third-order valence-electron chi connectivity index (χ3n) is 5.97. The molecule has 1 N–H and O–H groups in total. The van der Waals surface area contributed by atoms with Crippen molar-refractivity contribution in [2.75, 3.05) is 0 Å². The normalized spacial score (nSPS) is 14.4. The molecular formula is C26H29FN4O. The zero-order valence-corrected chi connectivity index (χ0v) is 18.9. The molecule has 0 aliphatic heterocycles. The van der Waals surface area contributed by atoms with Gasteiger partial charge in [-0.1, -0.05) is 25.6 Å². The number of rotatable bonds is 8. The molecule has 6 heteroatoms. The van der Waals surface area contributed by atoms with E-state index in [0.717, 1.165) is 47.5 Å². The van der Waals surface area contributed by atoms with Gasteiger partial charge in [-0.15, -0.1) is 0 Å². The summed E-state index contributed by atoms with van der Waals surface area (Å²) in [5.74, 6) is 0.779. The highest BCUT2D eigenvalue weighted by atomic mass is 19.1. The SMILES string of the molecule is C=C(C)c1ccc(CCc2nc(-c3c(CC)ncnc3C3CC3)ncc2C(C)O)cc1F. The van der Waals surface area contributed by atoms with Crippen molar-refractivity contribution in [3.8, 4) is 11.4 Å². The minimum absolute atomic E-state index is 0.266. The molecule has 2 heterocycles. The Hall–Kier alpha value is -2.99. The third-order valence-corrected chi connectivity index (χ3v) is 5.97. The second-order valence-corrected chi connectivity index (χ2v) is 8.57. The highest BCUT2D eigenvalue weighted by molar-refractivity contribution is 5.63. The van der Waals surface area contributed by atoms with Crippen LogP contribution < -0.4 is 0 Å². The van der Waals surface area contributed by atoms with E-state index < -0.39 is 6.10 Å². The van der Waals surface area contributed by atoms with Crippen molar-refractivity contribution >= 4 is 5.57 Å². The second kappa shape index (κ2) is 9.25. The number of benzene rings is 1. The summed E-state index contributed by atoms with van der Waals surface area (Å²) in [6.07, 6.45) is 6.82. The van der Waals surface area contributed by atoms with Crippen LogP contribution in [0.4, 0.5) is 4.39 Å². The molecule has 1 saturated carbocycles. The van der Waals surface area contributed by atoms with Crippen LogP contribution in [0.25, 0.3) is 17.0 Å². The first-order valence-corrected chi connectivity index (χ1v) is 11.2. The minimum atomic E-state index is -0.692. The van der Waals surface area contributed by atoms with Crippen molar-refractivity contribution in [2.45, 2.75) is 64.9 Å². The van der Waals surface area contributed by atoms with E-state index in [1.54, 1.807) is 38.5 Å². The topological polar surface area (TPSA) is 71.8 Å². The average molecular weight is 433 g/mol. The van der Waals surface area contributed by atoms with Crippen molar-refractivity contribution in [2.24, 2.45) is 0 Å². The number of hydrogen-bond donors (Lipinski definition) is 1. The van der Waals surface area contributed by atoms with Crippen LogP contribution in [-0.4, -0.2) is 25.0 Å². The first-order chi connectivity index (χ1) is 15.4. The van der Waals surface area contributed by atoms with Gasteiger partial charge in [0.2, 0.25) is 0 Å². The molecule has 0 bridgehead atoms. The Kier molecular flexibility index (Phi) is 6.42. The van der Waals surface area contributed by atoms with Crippen LogP contribution in [0, 0.1) is 5.82 Å². The summed E-state index contributed by atoms with van der Waals surface area (Å²) in [6.45, 7) is 9.39. The lowest BCUT2D eigenvalue weighted by Gasteiger charge is -2.15. The number of hydrogen-bond acceptors (Lipinski definition) is 5. The number of aliphatic hydroxyl groups excluding tert-OH is 1. The van der Waals surface area contributed by atoms with Gasteiger partial charge in [0, 0.05) is 23.2 Å². The molecule has 1 aliphatic rings. The van der Waals surface area contributed by atoms with Crippen LogP contribution in [0.1, 0.15) is 79.4 Å². The molecule has 0 radical (unpaired) electrons. The number of allylic oxidation sites excluding steroid dienone is 1. The molecule has 0 amide bonds. The van der Waals surface area contributed by atoms with E-state index >= 15 is 0 Å². The monoisotopic (exact) mass is 432 g/mol. The molecule has 2 aromatic heterocycles. The summed E-state index contributed by atoms with van der Waals surface area (Å²) < 4.78 is 14.4. The molecular weight excluding hydrogens is 403 g/mol. The van der Waals surface area contributed by atoms with Gasteiger partial charge in [0.15, 0.2) is 5.82 Å². The number of aromatic nitrogens is 4. The Morgan fingerprint density at radius 2 is 1.97 bits per heavy atom. The van der Waals surface area contributed by atoms with Crippen molar-refractivity contribution in [1.82, 2.24) is 19.9 Å². The maximum Gasteiger partial charge on any atom is 0.163 e. The van der Waals surface area contributed by atoms with Crippen LogP contribution in [0.2, 0.25) is 0 Å². The van der Waals surface area contributed by atoms with Crippen molar-refractivity contribution in [1.29, 1.82) is 0 Å². The summed E-state index contributed by atoms with van der Waals surface area (Å²) in [4.78, 5) is 18.5. The number of aryl methyl sites for hydroxylation is 3. The van der Waals surface area contributed by atoms with Gasteiger partial charge in [-0.05, 0) is 63.2 Å².